The van der Waals surface area contributed by atoms with Gasteiger partial charge >= 0.3 is 0 Å². The molecule has 1 unspecified atom stereocenters. The smallest absolute Gasteiger partial charge is 0.252 e. The van der Waals surface area contributed by atoms with Gasteiger partial charge in [-0.05, 0) is 75.5 Å². The first-order chi connectivity index (χ1) is 21.9. The molecule has 0 aliphatic heterocycles. The lowest BCUT2D eigenvalue weighted by molar-refractivity contribution is -0.122. The summed E-state index contributed by atoms with van der Waals surface area (Å²) in [6.45, 7) is 10.3. The molecular weight excluding hydrogens is 594 g/mol. The number of benzene rings is 2. The minimum Gasteiger partial charge on any atom is -0.494 e. The van der Waals surface area contributed by atoms with E-state index in [4.69, 9.17) is 16.2 Å². The van der Waals surface area contributed by atoms with Crippen LogP contribution in [-0.2, 0) is 11.2 Å². The lowest BCUT2D eigenvalue weighted by Crippen LogP contribution is -2.53. The molecule has 0 bridgehead atoms. The van der Waals surface area contributed by atoms with Crippen molar-refractivity contribution in [3.8, 4) is 5.75 Å². The molecule has 1 atom stereocenters. The van der Waals surface area contributed by atoms with Crippen LogP contribution in [0.15, 0.2) is 54.3 Å². The van der Waals surface area contributed by atoms with E-state index in [1.54, 1.807) is 25.4 Å². The average molecular weight is 639 g/mol. The molecule has 1 aromatic heterocycles. The summed E-state index contributed by atoms with van der Waals surface area (Å²) in [5.74, 6) is -2.67. The monoisotopic (exact) mass is 638 g/mol. The number of amides is 2. The normalized spacial score (nSPS) is 12.4. The fraction of sp³-hybridized carbons (Fsp3) is 0.394. The van der Waals surface area contributed by atoms with Gasteiger partial charge in [0, 0.05) is 42.8 Å². The van der Waals surface area contributed by atoms with Gasteiger partial charge in [-0.15, -0.1) is 0 Å². The summed E-state index contributed by atoms with van der Waals surface area (Å²) in [6, 6.07) is 7.33. The number of unbranched alkanes of at least 4 members (excludes halogenated alkanes) is 1. The summed E-state index contributed by atoms with van der Waals surface area (Å²) < 4.78 is 35.7. The van der Waals surface area contributed by atoms with E-state index in [0.29, 0.717) is 41.9 Å². The van der Waals surface area contributed by atoms with Crippen LogP contribution in [0.3, 0.4) is 0 Å². The third-order valence-electron chi connectivity index (χ3n) is 7.40. The number of methoxy groups -OCH3 is 1. The van der Waals surface area contributed by atoms with Crippen molar-refractivity contribution in [2.24, 2.45) is 16.5 Å². The molecule has 0 fully saturated rings. The fourth-order valence-corrected chi connectivity index (χ4v) is 4.80. The van der Waals surface area contributed by atoms with E-state index < -0.39 is 23.2 Å². The maximum Gasteiger partial charge on any atom is 0.252 e. The molecule has 248 valence electrons. The van der Waals surface area contributed by atoms with Crippen LogP contribution in [0.4, 0.5) is 20.3 Å². The fourth-order valence-electron chi connectivity index (χ4n) is 4.80. The van der Waals surface area contributed by atoms with Crippen molar-refractivity contribution < 1.29 is 23.1 Å². The van der Waals surface area contributed by atoms with Gasteiger partial charge in [0.2, 0.25) is 11.7 Å². The first kappa shape index (κ1) is 35.9. The molecule has 0 aliphatic carbocycles. The Bertz CT molecular complexity index is 1640. The quantitative estimate of drug-likeness (QED) is 0.159. The van der Waals surface area contributed by atoms with Crippen LogP contribution >= 0.6 is 0 Å². The third kappa shape index (κ3) is 8.76. The Kier molecular flexibility index (Phi) is 12.5. The highest BCUT2D eigenvalue weighted by Gasteiger charge is 2.25. The van der Waals surface area contributed by atoms with Gasteiger partial charge in [-0.1, -0.05) is 19.9 Å². The maximum atomic E-state index is 14.9. The Balaban J connectivity index is 1.78. The molecule has 46 heavy (non-hydrogen) atoms. The Morgan fingerprint density at radius 2 is 1.87 bits per heavy atom. The van der Waals surface area contributed by atoms with E-state index in [2.05, 4.69) is 32.5 Å². The number of aromatic nitrogens is 2. The number of hydrogen-bond acceptors (Lipinski definition) is 8. The molecule has 11 nitrogen and oxygen atoms in total. The molecule has 2 amide bonds. The van der Waals surface area contributed by atoms with Crippen molar-refractivity contribution in [1.82, 2.24) is 20.2 Å². The predicted molar refractivity (Wildman–Crippen MR) is 176 cm³/mol. The zero-order valence-corrected chi connectivity index (χ0v) is 27.0. The van der Waals surface area contributed by atoms with Crippen molar-refractivity contribution in [2.75, 3.05) is 32.6 Å². The number of halogens is 2. The summed E-state index contributed by atoms with van der Waals surface area (Å²) in [6.07, 6.45) is 5.69. The predicted octanol–water partition coefficient (Wildman–Crippen LogP) is 3.61. The van der Waals surface area contributed by atoms with Gasteiger partial charge in [0.1, 0.15) is 0 Å². The highest BCUT2D eigenvalue weighted by molar-refractivity contribution is 5.96. The SMILES string of the molecule is C=C(c1ccc(OC)c(F)c1F)n1ccnc(Nc2ccc(C(=O)NC(C)(C)CNC(=O)C(N)CCCCN)c(CC)c2)c1=NC. The van der Waals surface area contributed by atoms with Crippen LogP contribution in [0.1, 0.15) is 61.5 Å². The molecule has 0 saturated carbocycles. The largest absolute Gasteiger partial charge is 0.494 e. The molecule has 0 spiro atoms. The van der Waals surface area contributed by atoms with Crippen molar-refractivity contribution in [3.05, 3.63) is 83.1 Å². The van der Waals surface area contributed by atoms with E-state index in [-0.39, 0.29) is 35.4 Å². The Labute approximate surface area is 268 Å². The van der Waals surface area contributed by atoms with Gasteiger partial charge in [-0.2, -0.15) is 4.39 Å². The third-order valence-corrected chi connectivity index (χ3v) is 7.40. The molecule has 13 heteroatoms. The van der Waals surface area contributed by atoms with Crippen LogP contribution in [0.25, 0.3) is 5.70 Å². The number of rotatable bonds is 15. The van der Waals surface area contributed by atoms with Crippen molar-refractivity contribution in [1.29, 1.82) is 0 Å². The Hall–Kier alpha value is -4.62. The highest BCUT2D eigenvalue weighted by Crippen LogP contribution is 2.27. The minimum absolute atomic E-state index is 0.0677. The number of anilines is 2. The summed E-state index contributed by atoms with van der Waals surface area (Å²) in [5, 5.41) is 9.03. The molecular formula is C33H44F2N8O3. The Morgan fingerprint density at radius 3 is 2.52 bits per heavy atom. The van der Waals surface area contributed by atoms with Gasteiger partial charge in [-0.3, -0.25) is 19.1 Å². The molecule has 0 aliphatic rings. The van der Waals surface area contributed by atoms with Gasteiger partial charge in [0.15, 0.2) is 22.9 Å². The van der Waals surface area contributed by atoms with Crippen molar-refractivity contribution in [3.63, 3.8) is 0 Å². The van der Waals surface area contributed by atoms with Gasteiger partial charge in [-0.25, -0.2) is 9.37 Å². The second-order valence-electron chi connectivity index (χ2n) is 11.4. The van der Waals surface area contributed by atoms with E-state index in [1.165, 1.54) is 30.0 Å². The van der Waals surface area contributed by atoms with Crippen LogP contribution in [0.5, 0.6) is 5.75 Å². The number of aryl methyl sites for hydroxylation is 1. The molecule has 3 aromatic rings. The first-order valence-electron chi connectivity index (χ1n) is 15.0. The number of nitrogens with two attached hydrogens (primary N) is 2. The molecule has 0 saturated heterocycles. The van der Waals surface area contributed by atoms with E-state index in [0.717, 1.165) is 18.4 Å². The summed E-state index contributed by atoms with van der Waals surface area (Å²) in [5.41, 5.74) is 13.0. The summed E-state index contributed by atoms with van der Waals surface area (Å²) >= 11 is 0. The number of carbonyl (C=O) groups is 2. The van der Waals surface area contributed by atoms with Crippen LogP contribution < -0.4 is 37.6 Å². The highest BCUT2D eigenvalue weighted by atomic mass is 19.2. The molecule has 3 rings (SSSR count). The van der Waals surface area contributed by atoms with E-state index in [9.17, 15) is 18.4 Å². The lowest BCUT2D eigenvalue weighted by atomic mass is 10.00. The van der Waals surface area contributed by atoms with Gasteiger partial charge in [0.05, 0.1) is 24.4 Å². The number of nitrogens with one attached hydrogen (secondary N) is 3. The number of nitrogens with zero attached hydrogens (tertiary/aromatic N) is 3. The number of ether oxygens (including phenoxy) is 1. The summed E-state index contributed by atoms with van der Waals surface area (Å²) in [7, 11) is 2.80. The van der Waals surface area contributed by atoms with Gasteiger partial charge in [0.25, 0.3) is 5.91 Å². The standard InChI is InChI=1S/C33H44F2N8O3/c1-7-21-18-22(11-12-24(21)31(44)42-33(3,4)19-40-32(45)25(37)10-8-9-15-36)41-29-30(38-5)43(17-16-39-29)20(2)23-13-14-26(46-6)28(35)27(23)34/h11-14,16-18,25H,2,7-10,15,19,36-37H2,1,3-6H3,(H,39,41)(H,40,45)(H,42,44). The average Bonchev–Trinajstić information content (AvgIpc) is 3.04. The summed E-state index contributed by atoms with van der Waals surface area (Å²) in [4.78, 5) is 34.4. The second-order valence-corrected chi connectivity index (χ2v) is 11.4. The molecule has 2 aromatic carbocycles. The van der Waals surface area contributed by atoms with Crippen LogP contribution in [0.2, 0.25) is 0 Å². The Morgan fingerprint density at radius 1 is 1.15 bits per heavy atom. The van der Waals surface area contributed by atoms with Crippen LogP contribution in [-0.4, -0.2) is 60.2 Å². The molecule has 7 N–H and O–H groups in total. The van der Waals surface area contributed by atoms with Crippen molar-refractivity contribution >= 4 is 29.0 Å². The zero-order valence-electron chi connectivity index (χ0n) is 27.0. The van der Waals surface area contributed by atoms with E-state index in [1.807, 2.05) is 26.8 Å². The van der Waals surface area contributed by atoms with E-state index >= 15 is 0 Å². The topological polar surface area (TPSA) is 162 Å². The maximum absolute atomic E-state index is 14.9. The minimum atomic E-state index is -1.12. The second kappa shape index (κ2) is 16.1. The molecule has 0 radical (unpaired) electrons. The lowest BCUT2D eigenvalue weighted by Gasteiger charge is -2.28. The number of hydrogen-bond donors (Lipinski definition) is 5. The van der Waals surface area contributed by atoms with Crippen LogP contribution in [0, 0.1) is 11.6 Å². The van der Waals surface area contributed by atoms with Gasteiger partial charge < -0.3 is 32.2 Å². The zero-order chi connectivity index (χ0) is 34.0. The van der Waals surface area contributed by atoms with Crippen molar-refractivity contribution in [2.45, 2.75) is 58.0 Å². The number of carbonyl (C=O) groups excluding carboxylic acids is 2. The first-order valence-corrected chi connectivity index (χ1v) is 15.0. The molecule has 1 heterocycles.